The summed E-state index contributed by atoms with van der Waals surface area (Å²) in [6.07, 6.45) is 2.89. The van der Waals surface area contributed by atoms with Gasteiger partial charge in [-0.3, -0.25) is 4.79 Å². The highest BCUT2D eigenvalue weighted by atomic mass is 79.9. The van der Waals surface area contributed by atoms with Crippen molar-refractivity contribution in [2.75, 3.05) is 0 Å². The van der Waals surface area contributed by atoms with Gasteiger partial charge in [0.2, 0.25) is 0 Å². The molecule has 0 aromatic heterocycles. The van der Waals surface area contributed by atoms with Gasteiger partial charge in [0.15, 0.2) is 0 Å². The minimum atomic E-state index is -0.958. The lowest BCUT2D eigenvalue weighted by molar-refractivity contribution is -0.126. The Morgan fingerprint density at radius 3 is 2.68 bits per heavy atom. The summed E-state index contributed by atoms with van der Waals surface area (Å²) in [5, 5.41) is 9.86. The minimum Gasteiger partial charge on any atom is -0.478 e. The minimum absolute atomic E-state index is 0.200. The summed E-state index contributed by atoms with van der Waals surface area (Å²) in [5.74, 6) is -0.759. The van der Waals surface area contributed by atoms with E-state index in [1.807, 2.05) is 6.92 Å². The zero-order valence-electron chi connectivity index (χ0n) is 12.4. The highest BCUT2D eigenvalue weighted by Gasteiger charge is 2.40. The predicted octanol–water partition coefficient (Wildman–Crippen LogP) is 4.89. The monoisotopic (exact) mass is 382 g/mol. The molecule has 0 saturated heterocycles. The van der Waals surface area contributed by atoms with Crippen molar-refractivity contribution < 1.29 is 14.7 Å². The number of Topliss-reactive ketones (excluding diaryl/α,β-unsaturated/α-hetero) is 1. The molecule has 0 heterocycles. The van der Waals surface area contributed by atoms with Gasteiger partial charge in [-0.25, -0.2) is 4.79 Å². The number of benzene rings is 1. The number of allylic oxidation sites excluding steroid dienone is 2. The normalized spacial score (nSPS) is 23.3. The van der Waals surface area contributed by atoms with Crippen LogP contribution < -0.4 is 0 Å². The number of halogens is 2. The SMILES string of the molecule is CC(=O)C1(C)CCC2=C(Cc3c(C(=O)O)cc(Cl)c(Br)c32)C1. The highest BCUT2D eigenvalue weighted by molar-refractivity contribution is 9.10. The molecule has 0 aliphatic heterocycles. The number of carboxylic acids is 1. The lowest BCUT2D eigenvalue weighted by Crippen LogP contribution is -2.28. The van der Waals surface area contributed by atoms with E-state index in [9.17, 15) is 14.7 Å². The molecule has 1 unspecified atom stereocenters. The van der Waals surface area contributed by atoms with Gasteiger partial charge in [0.25, 0.3) is 0 Å². The number of aromatic carboxylic acids is 1. The largest absolute Gasteiger partial charge is 0.478 e. The number of fused-ring (bicyclic) bond motifs is 2. The number of ketones is 1. The summed E-state index contributed by atoms with van der Waals surface area (Å²) in [4.78, 5) is 23.4. The molecular weight excluding hydrogens is 368 g/mol. The Morgan fingerprint density at radius 2 is 2.09 bits per heavy atom. The Bertz CT molecular complexity index is 751. The first-order valence-electron chi connectivity index (χ1n) is 7.21. The highest BCUT2D eigenvalue weighted by Crippen LogP contribution is 2.52. The van der Waals surface area contributed by atoms with Crippen LogP contribution in [0.2, 0.25) is 5.02 Å². The molecule has 1 N–H and O–H groups in total. The zero-order chi connectivity index (χ0) is 16.2. The number of carboxylic acid groups (broad SMARTS) is 1. The van der Waals surface area contributed by atoms with Crippen molar-refractivity contribution in [1.82, 2.24) is 0 Å². The second kappa shape index (κ2) is 5.20. The zero-order valence-corrected chi connectivity index (χ0v) is 14.8. The van der Waals surface area contributed by atoms with Gasteiger partial charge in [-0.2, -0.15) is 0 Å². The average Bonchev–Trinajstić information content (AvgIpc) is 2.80. The van der Waals surface area contributed by atoms with Crippen molar-refractivity contribution in [3.05, 3.63) is 37.8 Å². The first-order valence-corrected chi connectivity index (χ1v) is 8.38. The van der Waals surface area contributed by atoms with Crippen LogP contribution in [-0.2, 0) is 11.2 Å². The summed E-state index contributed by atoms with van der Waals surface area (Å²) < 4.78 is 0.769. The van der Waals surface area contributed by atoms with Crippen molar-refractivity contribution in [2.45, 2.75) is 39.5 Å². The van der Waals surface area contributed by atoms with Crippen LogP contribution in [0.4, 0.5) is 0 Å². The van der Waals surface area contributed by atoms with E-state index in [2.05, 4.69) is 15.9 Å². The lowest BCUT2D eigenvalue weighted by Gasteiger charge is -2.32. The standard InChI is InChI=1S/C17H16BrClO3/c1-8(20)17(2)4-3-10-9(7-17)5-11-12(16(21)22)6-13(19)15(18)14(10)11/h6H,3-5,7H2,1-2H3,(H,21,22). The number of rotatable bonds is 2. The maximum Gasteiger partial charge on any atom is 0.336 e. The Kier molecular flexibility index (Phi) is 3.73. The smallest absolute Gasteiger partial charge is 0.336 e. The quantitative estimate of drug-likeness (QED) is 0.791. The van der Waals surface area contributed by atoms with Crippen molar-refractivity contribution in [2.24, 2.45) is 5.41 Å². The Balaban J connectivity index is 2.13. The first-order chi connectivity index (χ1) is 10.2. The van der Waals surface area contributed by atoms with Crippen LogP contribution in [0, 0.1) is 5.41 Å². The van der Waals surface area contributed by atoms with Crippen LogP contribution in [0.5, 0.6) is 0 Å². The number of hydrogen-bond acceptors (Lipinski definition) is 2. The molecule has 116 valence electrons. The number of carbonyl (C=O) groups is 2. The molecule has 1 aromatic rings. The molecule has 0 spiro atoms. The fourth-order valence-electron chi connectivity index (χ4n) is 3.58. The van der Waals surface area contributed by atoms with Crippen LogP contribution in [0.3, 0.4) is 0 Å². The summed E-state index contributed by atoms with van der Waals surface area (Å²) in [5.41, 5.74) is 4.05. The molecule has 5 heteroatoms. The maximum absolute atomic E-state index is 11.9. The molecular formula is C17H16BrClO3. The van der Waals surface area contributed by atoms with Crippen LogP contribution in [0.15, 0.2) is 16.1 Å². The molecule has 3 nitrogen and oxygen atoms in total. The molecule has 0 amide bonds. The summed E-state index contributed by atoms with van der Waals surface area (Å²) in [6, 6.07) is 1.51. The third kappa shape index (κ3) is 2.24. The second-order valence-electron chi connectivity index (χ2n) is 6.43. The molecule has 0 fully saturated rings. The summed E-state index contributed by atoms with van der Waals surface area (Å²) in [7, 11) is 0. The first kappa shape index (κ1) is 15.8. The van der Waals surface area contributed by atoms with Gasteiger partial charge >= 0.3 is 5.97 Å². The molecule has 0 radical (unpaired) electrons. The Labute approximate surface area is 142 Å². The van der Waals surface area contributed by atoms with E-state index in [4.69, 9.17) is 11.6 Å². The van der Waals surface area contributed by atoms with E-state index < -0.39 is 5.97 Å². The van der Waals surface area contributed by atoms with Gasteiger partial charge in [0, 0.05) is 9.89 Å². The fraction of sp³-hybridized carbons (Fsp3) is 0.412. The van der Waals surface area contributed by atoms with Crippen molar-refractivity contribution in [1.29, 1.82) is 0 Å². The summed E-state index contributed by atoms with van der Waals surface area (Å²) in [6.45, 7) is 3.64. The van der Waals surface area contributed by atoms with E-state index in [-0.39, 0.29) is 16.8 Å². The third-order valence-electron chi connectivity index (χ3n) is 5.06. The van der Waals surface area contributed by atoms with E-state index >= 15 is 0 Å². The van der Waals surface area contributed by atoms with Gasteiger partial charge in [0.05, 0.1) is 10.6 Å². The van der Waals surface area contributed by atoms with Gasteiger partial charge in [0.1, 0.15) is 5.78 Å². The topological polar surface area (TPSA) is 54.4 Å². The van der Waals surface area contributed by atoms with Crippen LogP contribution in [0.1, 0.15) is 54.6 Å². The lowest BCUT2D eigenvalue weighted by atomic mass is 9.71. The van der Waals surface area contributed by atoms with E-state index in [0.29, 0.717) is 17.9 Å². The second-order valence-corrected chi connectivity index (χ2v) is 7.63. The van der Waals surface area contributed by atoms with Crippen LogP contribution >= 0.6 is 27.5 Å². The molecule has 0 saturated carbocycles. The number of hydrogen-bond donors (Lipinski definition) is 1. The predicted molar refractivity (Wildman–Crippen MR) is 89.4 cm³/mol. The number of carbonyl (C=O) groups excluding carboxylic acids is 1. The fourth-order valence-corrected chi connectivity index (χ4v) is 4.38. The summed E-state index contributed by atoms with van der Waals surface area (Å²) >= 11 is 9.70. The van der Waals surface area contributed by atoms with Crippen molar-refractivity contribution in [3.63, 3.8) is 0 Å². The van der Waals surface area contributed by atoms with Crippen molar-refractivity contribution >= 4 is 44.9 Å². The maximum atomic E-state index is 11.9. The van der Waals surface area contributed by atoms with Crippen LogP contribution in [-0.4, -0.2) is 16.9 Å². The van der Waals surface area contributed by atoms with Gasteiger partial charge in [-0.1, -0.05) is 24.1 Å². The van der Waals surface area contributed by atoms with Gasteiger partial charge in [-0.05, 0) is 71.3 Å². The molecule has 1 aromatic carbocycles. The average molecular weight is 384 g/mol. The van der Waals surface area contributed by atoms with Gasteiger partial charge < -0.3 is 5.11 Å². The van der Waals surface area contributed by atoms with Crippen LogP contribution in [0.25, 0.3) is 5.57 Å². The van der Waals surface area contributed by atoms with Gasteiger partial charge in [-0.15, -0.1) is 0 Å². The molecule has 3 rings (SSSR count). The Morgan fingerprint density at radius 1 is 1.41 bits per heavy atom. The Hall–Kier alpha value is -1.13. The molecule has 2 aliphatic carbocycles. The van der Waals surface area contributed by atoms with E-state index in [0.717, 1.165) is 28.4 Å². The molecule has 22 heavy (non-hydrogen) atoms. The molecule has 0 bridgehead atoms. The third-order valence-corrected chi connectivity index (χ3v) is 6.41. The molecule has 2 aliphatic rings. The molecule has 1 atom stereocenters. The van der Waals surface area contributed by atoms with Crippen molar-refractivity contribution in [3.8, 4) is 0 Å². The van der Waals surface area contributed by atoms with E-state index in [1.165, 1.54) is 17.2 Å². The van der Waals surface area contributed by atoms with E-state index in [1.54, 1.807) is 6.92 Å².